The first-order valence-electron chi connectivity index (χ1n) is 13.3. The van der Waals surface area contributed by atoms with Crippen molar-refractivity contribution in [2.45, 2.75) is 58.6 Å². The van der Waals surface area contributed by atoms with Gasteiger partial charge in [0.1, 0.15) is 0 Å². The number of carbonyl (C=O) groups excluding carboxylic acids is 2. The van der Waals surface area contributed by atoms with E-state index in [9.17, 15) is 14.7 Å². The maximum Gasteiger partial charge on any atom is 0.234 e. The van der Waals surface area contributed by atoms with Crippen LogP contribution >= 0.6 is 33.9 Å². The molecule has 202 valence electrons. The summed E-state index contributed by atoms with van der Waals surface area (Å²) in [6.45, 7) is 5.19. The van der Waals surface area contributed by atoms with Gasteiger partial charge in [-0.3, -0.25) is 14.5 Å². The third-order valence-electron chi connectivity index (χ3n) is 8.24. The fourth-order valence-corrected chi connectivity index (χ4v) is 7.65. The molecule has 38 heavy (non-hydrogen) atoms. The molecule has 2 aromatic rings. The molecule has 5 rings (SSSR count). The summed E-state index contributed by atoms with van der Waals surface area (Å²) in [6, 6.07) is 7.76. The molecule has 8 heteroatoms. The number of hydrogen-bond donors (Lipinski definition) is 1. The van der Waals surface area contributed by atoms with E-state index in [4.69, 9.17) is 9.47 Å². The number of allylic oxidation sites excluding steroid dienone is 2. The first-order valence-corrected chi connectivity index (χ1v) is 15.3. The Morgan fingerprint density at radius 1 is 1.26 bits per heavy atom. The first kappa shape index (κ1) is 27.4. The number of hydrogen-bond acceptors (Lipinski definition) is 6. The summed E-state index contributed by atoms with van der Waals surface area (Å²) in [5.74, 6) is 0.0288. The molecule has 0 spiro atoms. The predicted molar refractivity (Wildman–Crippen MR) is 157 cm³/mol. The molecule has 1 aromatic carbocycles. The van der Waals surface area contributed by atoms with Crippen LogP contribution in [0.15, 0.2) is 46.4 Å². The van der Waals surface area contributed by atoms with Crippen LogP contribution < -0.4 is 4.74 Å². The van der Waals surface area contributed by atoms with E-state index in [-0.39, 0.29) is 41.4 Å². The Balaban J connectivity index is 1.33. The Hall–Kier alpha value is -2.17. The monoisotopic (exact) mass is 647 g/mol. The SMILES string of the molecule is CCC1=C2[C@@H](CC/C(=C/c3cc(I)c(O)c(OC)c3)CC)OC[C@@H]2[C@@H]2C(=O)N(Cc3cccs3)C(=O)[C@@H]2C1. The third kappa shape index (κ3) is 5.07. The van der Waals surface area contributed by atoms with Crippen molar-refractivity contribution in [3.8, 4) is 11.5 Å². The van der Waals surface area contributed by atoms with Crippen molar-refractivity contribution < 1.29 is 24.2 Å². The lowest BCUT2D eigenvalue weighted by Crippen LogP contribution is -2.34. The van der Waals surface area contributed by atoms with Gasteiger partial charge in [-0.25, -0.2) is 0 Å². The molecule has 1 aromatic heterocycles. The van der Waals surface area contributed by atoms with Crippen LogP contribution in [0.3, 0.4) is 0 Å². The fraction of sp³-hybridized carbons (Fsp3) is 0.467. The number of phenols is 1. The van der Waals surface area contributed by atoms with Crippen molar-refractivity contribution in [2.24, 2.45) is 17.8 Å². The van der Waals surface area contributed by atoms with Gasteiger partial charge in [-0.05, 0) is 89.4 Å². The van der Waals surface area contributed by atoms with Gasteiger partial charge < -0.3 is 14.6 Å². The molecule has 3 heterocycles. The smallest absolute Gasteiger partial charge is 0.234 e. The van der Waals surface area contributed by atoms with Crippen molar-refractivity contribution >= 4 is 51.8 Å². The van der Waals surface area contributed by atoms with E-state index in [0.717, 1.165) is 39.7 Å². The normalized spacial score (nSPS) is 25.3. The summed E-state index contributed by atoms with van der Waals surface area (Å²) in [4.78, 5) is 29.4. The van der Waals surface area contributed by atoms with Crippen LogP contribution in [0.5, 0.6) is 11.5 Å². The Bertz CT molecular complexity index is 1280. The van der Waals surface area contributed by atoms with E-state index >= 15 is 0 Å². The van der Waals surface area contributed by atoms with E-state index in [0.29, 0.717) is 25.3 Å². The summed E-state index contributed by atoms with van der Waals surface area (Å²) in [5, 5.41) is 12.2. The second-order valence-electron chi connectivity index (χ2n) is 10.3. The van der Waals surface area contributed by atoms with Crippen molar-refractivity contribution in [3.63, 3.8) is 0 Å². The number of phenolic OH excluding ortho intramolecular Hbond substituents is 1. The number of rotatable bonds is 9. The number of aromatic hydroxyl groups is 1. The van der Waals surface area contributed by atoms with Crippen LogP contribution in [0, 0.1) is 21.3 Å². The molecule has 0 radical (unpaired) electrons. The van der Waals surface area contributed by atoms with Gasteiger partial charge in [-0.2, -0.15) is 0 Å². The number of amides is 2. The minimum atomic E-state index is -0.300. The van der Waals surface area contributed by atoms with Crippen LogP contribution in [0.1, 0.15) is 56.4 Å². The predicted octanol–water partition coefficient (Wildman–Crippen LogP) is 6.57. The van der Waals surface area contributed by atoms with Crippen molar-refractivity contribution in [2.75, 3.05) is 13.7 Å². The number of imide groups is 1. The fourth-order valence-electron chi connectivity index (χ4n) is 6.33. The van der Waals surface area contributed by atoms with Gasteiger partial charge in [-0.15, -0.1) is 11.3 Å². The number of halogens is 1. The van der Waals surface area contributed by atoms with Crippen molar-refractivity contribution in [1.29, 1.82) is 0 Å². The Labute approximate surface area is 241 Å². The highest BCUT2D eigenvalue weighted by Crippen LogP contribution is 2.50. The molecule has 2 fully saturated rings. The lowest BCUT2D eigenvalue weighted by molar-refractivity contribution is -0.140. The lowest BCUT2D eigenvalue weighted by Gasteiger charge is -2.31. The summed E-state index contributed by atoms with van der Waals surface area (Å²) >= 11 is 3.70. The second-order valence-corrected chi connectivity index (χ2v) is 12.5. The number of thiophene rings is 1. The maximum absolute atomic E-state index is 13.5. The zero-order chi connectivity index (χ0) is 27.0. The maximum atomic E-state index is 13.5. The Kier molecular flexibility index (Phi) is 8.30. The van der Waals surface area contributed by atoms with Gasteiger partial charge in [0.25, 0.3) is 0 Å². The molecule has 2 aliphatic heterocycles. The number of methoxy groups -OCH3 is 1. The largest absolute Gasteiger partial charge is 0.504 e. The van der Waals surface area contributed by atoms with E-state index in [1.807, 2.05) is 29.6 Å². The quantitative estimate of drug-likeness (QED) is 0.190. The second kappa shape index (κ2) is 11.5. The molecule has 0 saturated carbocycles. The summed E-state index contributed by atoms with van der Waals surface area (Å²) < 4.78 is 12.4. The van der Waals surface area contributed by atoms with Gasteiger partial charge in [0.05, 0.1) is 41.8 Å². The molecule has 2 amide bonds. The molecule has 1 aliphatic carbocycles. The number of nitrogens with zero attached hydrogens (tertiary/aromatic N) is 1. The molecular weight excluding hydrogens is 613 g/mol. The lowest BCUT2D eigenvalue weighted by atomic mass is 9.69. The van der Waals surface area contributed by atoms with E-state index < -0.39 is 0 Å². The van der Waals surface area contributed by atoms with E-state index in [2.05, 4.69) is 42.5 Å². The molecular formula is C30H34INO5S. The average Bonchev–Trinajstić information content (AvgIpc) is 3.64. The van der Waals surface area contributed by atoms with E-state index in [1.165, 1.54) is 21.6 Å². The van der Waals surface area contributed by atoms with Crippen LogP contribution in [0.2, 0.25) is 0 Å². The molecule has 4 atom stereocenters. The van der Waals surface area contributed by atoms with Gasteiger partial charge in [0.2, 0.25) is 11.8 Å². The van der Waals surface area contributed by atoms with Crippen molar-refractivity contribution in [1.82, 2.24) is 4.90 Å². The average molecular weight is 648 g/mol. The summed E-state index contributed by atoms with van der Waals surface area (Å²) in [5.41, 5.74) is 4.88. The topological polar surface area (TPSA) is 76.1 Å². The third-order valence-corrected chi connectivity index (χ3v) is 9.93. The zero-order valence-corrected chi connectivity index (χ0v) is 25.0. The van der Waals surface area contributed by atoms with Gasteiger partial charge in [0.15, 0.2) is 11.5 Å². The first-order chi connectivity index (χ1) is 18.4. The van der Waals surface area contributed by atoms with Gasteiger partial charge in [0, 0.05) is 10.8 Å². The van der Waals surface area contributed by atoms with Crippen LogP contribution in [-0.4, -0.2) is 41.6 Å². The molecule has 0 bridgehead atoms. The minimum Gasteiger partial charge on any atom is -0.504 e. The van der Waals surface area contributed by atoms with Crippen LogP contribution in [0.4, 0.5) is 0 Å². The molecule has 3 aliphatic rings. The summed E-state index contributed by atoms with van der Waals surface area (Å²) in [7, 11) is 1.56. The highest BCUT2D eigenvalue weighted by Gasteiger charge is 2.56. The molecule has 2 saturated heterocycles. The standard InChI is InChI=1S/C30H34INO5S/c1-4-17(11-18-12-23(31)28(33)25(13-18)36-3)8-9-24-26-19(5-2)14-21-27(22(26)16-37-24)30(35)32(29(21)34)15-20-7-6-10-38-20/h6-7,10-13,21-22,24,27,33H,4-5,8-9,14-16H2,1-3H3/b17-11+/t21-,22+,24-,27-/m1/s1. The van der Waals surface area contributed by atoms with Crippen molar-refractivity contribution in [3.05, 3.63) is 60.4 Å². The molecule has 6 nitrogen and oxygen atoms in total. The number of fused-ring (bicyclic) bond motifs is 3. The van der Waals surface area contributed by atoms with Crippen LogP contribution in [-0.2, 0) is 20.9 Å². The van der Waals surface area contributed by atoms with Gasteiger partial charge in [-0.1, -0.05) is 37.1 Å². The summed E-state index contributed by atoms with van der Waals surface area (Å²) in [6.07, 6.45) is 6.33. The molecule has 0 unspecified atom stereocenters. The number of carbonyl (C=O) groups is 2. The van der Waals surface area contributed by atoms with E-state index in [1.54, 1.807) is 18.4 Å². The Morgan fingerprint density at radius 2 is 2.08 bits per heavy atom. The minimum absolute atomic E-state index is 0.00419. The number of benzene rings is 1. The van der Waals surface area contributed by atoms with Crippen LogP contribution in [0.25, 0.3) is 6.08 Å². The number of ether oxygens (including phenoxy) is 2. The zero-order valence-electron chi connectivity index (χ0n) is 22.0. The highest BCUT2D eigenvalue weighted by atomic mass is 127. The van der Waals surface area contributed by atoms with Gasteiger partial charge >= 0.3 is 0 Å². The number of likely N-dealkylation sites (tertiary alicyclic amines) is 1. The Morgan fingerprint density at radius 3 is 2.76 bits per heavy atom. The molecule has 1 N–H and O–H groups in total. The highest BCUT2D eigenvalue weighted by molar-refractivity contribution is 14.1.